The largest absolute Gasteiger partial charge is 0.463 e. The van der Waals surface area contributed by atoms with E-state index < -0.39 is 158 Å². The van der Waals surface area contributed by atoms with E-state index in [-0.39, 0.29) is 6.61 Å². The van der Waals surface area contributed by atoms with Crippen LogP contribution in [0, 0.1) is 10.8 Å². The number of carbonyl (C=O) groups excluding carboxylic acids is 6. The van der Waals surface area contributed by atoms with E-state index >= 15 is 0 Å². The molecule has 0 spiro atoms. The molecule has 2 N–H and O–H groups in total. The Balaban J connectivity index is 1.63. The fourth-order valence-electron chi connectivity index (χ4n) is 6.81. The molecule has 0 bridgehead atoms. The molecule has 22 heteroatoms. The number of hydrogen-bond acceptors (Lipinski definition) is 22. The van der Waals surface area contributed by atoms with Gasteiger partial charge in [0.1, 0.15) is 49.3 Å². The number of fused-ring (bicyclic) bond motifs is 1. The van der Waals surface area contributed by atoms with Crippen LogP contribution in [0.4, 0.5) is 0 Å². The minimum absolute atomic E-state index is 0.0697. The molecule has 0 saturated carbocycles. The van der Waals surface area contributed by atoms with E-state index in [1.54, 1.807) is 55.4 Å². The average molecular weight is 895 g/mol. The number of carbonyl (C=O) groups is 6. The molecule has 15 atom stereocenters. The molecule has 354 valence electrons. The first kappa shape index (κ1) is 51.1. The molecular formula is C40H62O22. The Bertz CT molecular complexity index is 1600. The minimum Gasteiger partial charge on any atom is -0.463 e. The lowest BCUT2D eigenvalue weighted by atomic mass is 9.93. The van der Waals surface area contributed by atoms with Crippen molar-refractivity contribution >= 4 is 35.8 Å². The van der Waals surface area contributed by atoms with Gasteiger partial charge in [-0.2, -0.15) is 0 Å². The minimum atomic E-state index is -1.84. The number of aliphatic hydroxyl groups excluding tert-OH is 2. The number of hydrogen-bond donors (Lipinski definition) is 2. The van der Waals surface area contributed by atoms with Crippen molar-refractivity contribution in [3.8, 4) is 0 Å². The van der Waals surface area contributed by atoms with E-state index in [2.05, 4.69) is 0 Å². The maximum atomic E-state index is 13.5. The average Bonchev–Trinajstić information content (AvgIpc) is 3.14. The van der Waals surface area contributed by atoms with Crippen LogP contribution in [0.3, 0.4) is 0 Å². The zero-order chi connectivity index (χ0) is 46.6. The maximum absolute atomic E-state index is 13.5. The summed E-state index contributed by atoms with van der Waals surface area (Å²) in [5.74, 6) is -5.82. The number of aliphatic hydroxyl groups is 2. The first-order chi connectivity index (χ1) is 28.6. The van der Waals surface area contributed by atoms with Gasteiger partial charge in [0, 0.05) is 34.8 Å². The third-order valence-electron chi connectivity index (χ3n) is 9.86. The van der Waals surface area contributed by atoms with Gasteiger partial charge in [0.25, 0.3) is 0 Å². The monoisotopic (exact) mass is 894 g/mol. The first-order valence-electron chi connectivity index (χ1n) is 20.1. The Hall–Kier alpha value is -3.58. The van der Waals surface area contributed by atoms with Crippen LogP contribution in [0.1, 0.15) is 83.1 Å². The fraction of sp³-hybridized carbons (Fsp3) is 0.850. The summed E-state index contributed by atoms with van der Waals surface area (Å²) < 4.78 is 81.4. The molecule has 22 nitrogen and oxygen atoms in total. The number of methoxy groups -OCH3 is 1. The summed E-state index contributed by atoms with van der Waals surface area (Å²) in [6, 6.07) is 0. The van der Waals surface area contributed by atoms with Gasteiger partial charge in [-0.15, -0.1) is 0 Å². The van der Waals surface area contributed by atoms with E-state index in [1.807, 2.05) is 0 Å². The Morgan fingerprint density at radius 2 is 1.11 bits per heavy atom. The highest BCUT2D eigenvalue weighted by molar-refractivity contribution is 5.77. The Morgan fingerprint density at radius 1 is 0.597 bits per heavy atom. The predicted molar refractivity (Wildman–Crippen MR) is 203 cm³/mol. The SMILES string of the molecule is CO[C@@H]1O[C@H](CO[C@@H]2O[C@H](COC(C)=O)[C@@H](OC(C)=O)[C@H](OC(C)=O)[C@H]2OC(C)=O)[C@@H](O)[C@H](O)[C@H]1O[C@@H]1O[C@@H]2COC(C)(C)O[C@H]2[C@H](OC(=O)C(C)(C)C)[C@H]1OC(=O)C(C)(C)C. The van der Waals surface area contributed by atoms with Crippen molar-refractivity contribution in [1.82, 2.24) is 0 Å². The second-order valence-corrected chi connectivity index (χ2v) is 17.8. The second-order valence-electron chi connectivity index (χ2n) is 17.8. The topological polar surface area (TPSA) is 272 Å². The Kier molecular flexibility index (Phi) is 16.9. The molecule has 0 aromatic carbocycles. The lowest BCUT2D eigenvalue weighted by Crippen LogP contribution is -2.69. The molecule has 0 aromatic rings. The van der Waals surface area contributed by atoms with Gasteiger partial charge in [-0.1, -0.05) is 0 Å². The van der Waals surface area contributed by atoms with Gasteiger partial charge in [0.2, 0.25) is 0 Å². The zero-order valence-electron chi connectivity index (χ0n) is 37.3. The first-order valence-corrected chi connectivity index (χ1v) is 20.1. The second kappa shape index (κ2) is 20.5. The summed E-state index contributed by atoms with van der Waals surface area (Å²) in [5, 5.41) is 23.1. The fourth-order valence-corrected chi connectivity index (χ4v) is 6.81. The smallest absolute Gasteiger partial charge is 0.311 e. The molecule has 4 aliphatic rings. The summed E-state index contributed by atoms with van der Waals surface area (Å²) in [5.41, 5.74) is -2.06. The van der Waals surface area contributed by atoms with Crippen LogP contribution in [0.25, 0.3) is 0 Å². The summed E-state index contributed by atoms with van der Waals surface area (Å²) in [6.45, 7) is 16.2. The van der Waals surface area contributed by atoms with Gasteiger partial charge in [-0.25, -0.2) is 0 Å². The lowest BCUT2D eigenvalue weighted by molar-refractivity contribution is -0.403. The van der Waals surface area contributed by atoms with Crippen LogP contribution in [0.15, 0.2) is 0 Å². The van der Waals surface area contributed by atoms with Crippen molar-refractivity contribution in [3.63, 3.8) is 0 Å². The molecule has 4 heterocycles. The van der Waals surface area contributed by atoms with Crippen molar-refractivity contribution in [2.45, 2.75) is 181 Å². The number of esters is 6. The number of rotatable bonds is 13. The van der Waals surface area contributed by atoms with Crippen molar-refractivity contribution in [2.75, 3.05) is 26.9 Å². The van der Waals surface area contributed by atoms with Crippen molar-refractivity contribution in [1.29, 1.82) is 0 Å². The molecule has 4 saturated heterocycles. The summed E-state index contributed by atoms with van der Waals surface area (Å²) >= 11 is 0. The normalized spacial score (nSPS) is 36.0. The van der Waals surface area contributed by atoms with Crippen molar-refractivity contribution < 1.29 is 105 Å². The molecule has 62 heavy (non-hydrogen) atoms. The molecular weight excluding hydrogens is 832 g/mol. The summed E-state index contributed by atoms with van der Waals surface area (Å²) in [4.78, 5) is 75.3. The van der Waals surface area contributed by atoms with Gasteiger partial charge in [0.15, 0.2) is 55.2 Å². The van der Waals surface area contributed by atoms with Crippen molar-refractivity contribution in [3.05, 3.63) is 0 Å². The van der Waals surface area contributed by atoms with Gasteiger partial charge in [-0.3, -0.25) is 28.8 Å². The highest BCUT2D eigenvalue weighted by atomic mass is 16.8. The van der Waals surface area contributed by atoms with E-state index in [1.165, 1.54) is 7.11 Å². The third kappa shape index (κ3) is 13.0. The molecule has 0 aliphatic carbocycles. The van der Waals surface area contributed by atoms with E-state index in [4.69, 9.17) is 66.3 Å². The van der Waals surface area contributed by atoms with Crippen LogP contribution in [-0.4, -0.2) is 171 Å². The van der Waals surface area contributed by atoms with Crippen LogP contribution in [-0.2, 0) is 95.1 Å². The quantitative estimate of drug-likeness (QED) is 0.187. The van der Waals surface area contributed by atoms with Gasteiger partial charge < -0.3 is 76.5 Å². The third-order valence-corrected chi connectivity index (χ3v) is 9.86. The predicted octanol–water partition coefficient (Wildman–Crippen LogP) is 0.357. The summed E-state index contributed by atoms with van der Waals surface area (Å²) in [7, 11) is 1.22. The molecule has 4 fully saturated rings. The van der Waals surface area contributed by atoms with Crippen LogP contribution in [0.5, 0.6) is 0 Å². The molecule has 0 unspecified atom stereocenters. The molecule has 4 aliphatic heterocycles. The van der Waals surface area contributed by atoms with Crippen molar-refractivity contribution in [2.24, 2.45) is 10.8 Å². The maximum Gasteiger partial charge on any atom is 0.311 e. The van der Waals surface area contributed by atoms with Crippen LogP contribution in [0.2, 0.25) is 0 Å². The molecule has 0 radical (unpaired) electrons. The molecule has 0 aromatic heterocycles. The Morgan fingerprint density at radius 3 is 1.65 bits per heavy atom. The van der Waals surface area contributed by atoms with E-state index in [0.717, 1.165) is 27.7 Å². The molecule has 0 amide bonds. The Labute approximate surface area is 359 Å². The van der Waals surface area contributed by atoms with Gasteiger partial charge >= 0.3 is 35.8 Å². The lowest BCUT2D eigenvalue weighted by Gasteiger charge is -2.52. The van der Waals surface area contributed by atoms with E-state index in [9.17, 15) is 39.0 Å². The highest BCUT2D eigenvalue weighted by Crippen LogP contribution is 2.39. The van der Waals surface area contributed by atoms with Crippen LogP contribution < -0.4 is 0 Å². The van der Waals surface area contributed by atoms with Gasteiger partial charge in [-0.05, 0) is 55.4 Å². The molecule has 4 rings (SSSR count). The van der Waals surface area contributed by atoms with E-state index in [0.29, 0.717) is 0 Å². The highest BCUT2D eigenvalue weighted by Gasteiger charge is 2.59. The van der Waals surface area contributed by atoms with Crippen LogP contribution >= 0.6 is 0 Å². The summed E-state index contributed by atoms with van der Waals surface area (Å²) in [6.07, 6.45) is -22.1. The standard InChI is InChI=1S/C40H62O22/c1-17(41)50-15-22-26(53-18(2)42)29(54-19(3)43)31(55-20(4)44)34(57-22)51-14-21-24(45)25(46)28(33(49-13)56-21)59-35-32(61-37(48)39(8,9)10)30(60-36(47)38(5,6)7)27-23(58-35)16-52-40(11,12)62-27/h21-35,45-46H,14-16H2,1-13H3/t21-,22-,23-,24-,25+,26-,27-,28-,29+,30+,31-,32-,33-,34-,35+/m1/s1. The zero-order valence-corrected chi connectivity index (χ0v) is 37.3. The van der Waals surface area contributed by atoms with Gasteiger partial charge in [0.05, 0.1) is 24.0 Å². The number of ether oxygens (including phenoxy) is 14.